The zero-order chi connectivity index (χ0) is 8.97. The maximum atomic E-state index is 10.4. The molecular weight excluding hydrogens is 196 g/mol. The molecule has 0 amide bonds. The molecule has 4 heteroatoms. The summed E-state index contributed by atoms with van der Waals surface area (Å²) in [6.45, 7) is 0. The molecule has 0 spiro atoms. The molecule has 0 unspecified atom stereocenters. The second-order valence-electron chi connectivity index (χ2n) is 2.00. The molecule has 0 heterocycles. The average molecular weight is 201 g/mol. The van der Waals surface area contributed by atoms with Gasteiger partial charge >= 0.3 is 5.43 Å². The number of hydrogen-bond donors (Lipinski definition) is 0. The van der Waals surface area contributed by atoms with Crippen LogP contribution in [0.15, 0.2) is 24.3 Å². The van der Waals surface area contributed by atoms with E-state index in [4.69, 9.17) is 23.8 Å². The third-order valence-electron chi connectivity index (χ3n) is 1.24. The van der Waals surface area contributed by atoms with E-state index in [9.17, 15) is 4.79 Å². The lowest BCUT2D eigenvalue weighted by atomic mass is 10.2. The van der Waals surface area contributed by atoms with Crippen LogP contribution in [-0.4, -0.2) is 10.8 Å². The molecule has 0 aliphatic heterocycles. The van der Waals surface area contributed by atoms with Gasteiger partial charge < -0.3 is 4.74 Å². The zero-order valence-corrected chi connectivity index (χ0v) is 7.56. The highest BCUT2D eigenvalue weighted by molar-refractivity contribution is 7.79. The Morgan fingerprint density at radius 3 is 2.75 bits per heavy atom. The summed E-state index contributed by atoms with van der Waals surface area (Å²) < 4.78 is 4.66. The van der Waals surface area contributed by atoms with E-state index < -0.39 is 5.43 Å². The Hall–Kier alpha value is -0.930. The van der Waals surface area contributed by atoms with E-state index in [0.717, 1.165) is 0 Å². The lowest BCUT2D eigenvalue weighted by molar-refractivity contribution is 0.225. The van der Waals surface area contributed by atoms with Crippen LogP contribution in [0.4, 0.5) is 4.79 Å². The van der Waals surface area contributed by atoms with E-state index in [1.807, 2.05) is 0 Å². The second kappa shape index (κ2) is 4.18. The van der Waals surface area contributed by atoms with Crippen molar-refractivity contribution in [2.45, 2.75) is 0 Å². The molecule has 0 N–H and O–H groups in total. The van der Waals surface area contributed by atoms with E-state index in [-0.39, 0.29) is 0 Å². The van der Waals surface area contributed by atoms with Crippen LogP contribution in [0.2, 0.25) is 0 Å². The molecule has 1 aromatic rings. The number of carbonyl (C=O) groups excluding carboxylic acids is 1. The first kappa shape index (κ1) is 9.16. The van der Waals surface area contributed by atoms with Gasteiger partial charge in [0, 0.05) is 22.5 Å². The van der Waals surface area contributed by atoms with Gasteiger partial charge in [-0.25, -0.2) is 4.79 Å². The first-order valence-electron chi connectivity index (χ1n) is 3.15. The maximum Gasteiger partial charge on any atom is 0.409 e. The normalized spacial score (nSPS) is 9.08. The van der Waals surface area contributed by atoms with E-state index in [0.29, 0.717) is 11.3 Å². The summed E-state index contributed by atoms with van der Waals surface area (Å²) in [6.07, 6.45) is 0. The molecule has 0 bridgehead atoms. The predicted octanol–water partition coefficient (Wildman–Crippen LogP) is 2.77. The van der Waals surface area contributed by atoms with Crippen molar-refractivity contribution in [3.8, 4) is 5.75 Å². The fourth-order valence-electron chi connectivity index (χ4n) is 0.757. The van der Waals surface area contributed by atoms with Crippen LogP contribution in [0, 0.1) is 0 Å². The van der Waals surface area contributed by atoms with Crippen molar-refractivity contribution >= 4 is 34.6 Å². The van der Waals surface area contributed by atoms with E-state index in [1.165, 1.54) is 5.37 Å². The molecule has 0 saturated heterocycles. The van der Waals surface area contributed by atoms with E-state index in [2.05, 4.69) is 4.74 Å². The first-order valence-corrected chi connectivity index (χ1v) is 4.00. The molecule has 62 valence electrons. The van der Waals surface area contributed by atoms with Gasteiger partial charge in [-0.3, -0.25) is 0 Å². The quantitative estimate of drug-likeness (QED) is 0.543. The van der Waals surface area contributed by atoms with Gasteiger partial charge in [0.25, 0.3) is 0 Å². The molecule has 1 aromatic carbocycles. The van der Waals surface area contributed by atoms with Gasteiger partial charge in [-0.05, 0) is 6.07 Å². The van der Waals surface area contributed by atoms with Crippen molar-refractivity contribution in [3.63, 3.8) is 0 Å². The smallest absolute Gasteiger partial charge is 0.409 e. The molecular formula is C8H5ClO2S. The number of benzene rings is 1. The standard InChI is InChI=1S/C8H5ClO2S/c9-8(10)11-7-4-2-1-3-6(7)5-12/h1-5H. The molecule has 0 aromatic heterocycles. The molecule has 0 atom stereocenters. The summed E-state index contributed by atoms with van der Waals surface area (Å²) >= 11 is 9.73. The molecule has 0 aliphatic rings. The Balaban J connectivity index is 2.96. The molecule has 0 fully saturated rings. The summed E-state index contributed by atoms with van der Waals surface area (Å²) in [5.74, 6) is 0.382. The number of rotatable bonds is 2. The van der Waals surface area contributed by atoms with Crippen LogP contribution in [0.3, 0.4) is 0 Å². The molecule has 1 rings (SSSR count). The van der Waals surface area contributed by atoms with Crippen LogP contribution in [0.5, 0.6) is 5.75 Å². The second-order valence-corrected chi connectivity index (χ2v) is 2.54. The predicted molar refractivity (Wildman–Crippen MR) is 51.1 cm³/mol. The van der Waals surface area contributed by atoms with Crippen LogP contribution >= 0.6 is 23.8 Å². The number of hydrogen-bond acceptors (Lipinski definition) is 3. The van der Waals surface area contributed by atoms with E-state index >= 15 is 0 Å². The minimum absolute atomic E-state index is 0.382. The van der Waals surface area contributed by atoms with Crippen LogP contribution in [0.25, 0.3) is 0 Å². The average Bonchev–Trinajstić information content (AvgIpc) is 2.04. The third kappa shape index (κ3) is 2.29. The number of carbonyl (C=O) groups is 1. The van der Waals surface area contributed by atoms with Crippen LogP contribution < -0.4 is 4.74 Å². The molecule has 0 aliphatic carbocycles. The van der Waals surface area contributed by atoms with Crippen molar-refractivity contribution in [2.75, 3.05) is 0 Å². The van der Waals surface area contributed by atoms with Crippen LogP contribution in [-0.2, 0) is 0 Å². The Morgan fingerprint density at radius 2 is 2.17 bits per heavy atom. The Labute approximate surface area is 80.1 Å². The summed E-state index contributed by atoms with van der Waals surface area (Å²) in [5.41, 5.74) is -0.194. The van der Waals surface area contributed by atoms with Crippen LogP contribution in [0.1, 0.15) is 5.56 Å². The number of halogens is 1. The topological polar surface area (TPSA) is 26.3 Å². The summed E-state index contributed by atoms with van der Waals surface area (Å²) in [7, 11) is 0. The largest absolute Gasteiger partial charge is 0.414 e. The summed E-state index contributed by atoms with van der Waals surface area (Å²) in [6, 6.07) is 6.89. The Morgan fingerprint density at radius 1 is 1.50 bits per heavy atom. The first-order chi connectivity index (χ1) is 5.74. The zero-order valence-electron chi connectivity index (χ0n) is 5.99. The van der Waals surface area contributed by atoms with E-state index in [1.54, 1.807) is 24.3 Å². The Kier molecular flexibility index (Phi) is 3.19. The Bertz CT molecular complexity index is 312. The molecule has 0 saturated carbocycles. The highest BCUT2D eigenvalue weighted by Crippen LogP contribution is 2.16. The summed E-state index contributed by atoms with van der Waals surface area (Å²) in [4.78, 5) is 10.4. The van der Waals surface area contributed by atoms with Crippen molar-refractivity contribution < 1.29 is 9.53 Å². The minimum atomic E-state index is -0.862. The molecule has 0 radical (unpaired) electrons. The summed E-state index contributed by atoms with van der Waals surface area (Å²) in [5, 5.41) is 1.43. The van der Waals surface area contributed by atoms with Gasteiger partial charge in [0.2, 0.25) is 0 Å². The minimum Gasteiger partial charge on any atom is -0.414 e. The molecule has 12 heavy (non-hydrogen) atoms. The SMILES string of the molecule is O=C(Cl)Oc1ccccc1C=S. The van der Waals surface area contributed by atoms with Gasteiger partial charge in [0.15, 0.2) is 0 Å². The number of para-hydroxylation sites is 1. The fraction of sp³-hybridized carbons (Fsp3) is 0. The number of ether oxygens (including phenoxy) is 1. The van der Waals surface area contributed by atoms with Gasteiger partial charge in [0.1, 0.15) is 5.75 Å². The van der Waals surface area contributed by atoms with Crippen molar-refractivity contribution in [1.82, 2.24) is 0 Å². The maximum absolute atomic E-state index is 10.4. The highest BCUT2D eigenvalue weighted by atomic mass is 35.5. The fourth-order valence-corrected chi connectivity index (χ4v) is 1.04. The van der Waals surface area contributed by atoms with Gasteiger partial charge in [-0.2, -0.15) is 0 Å². The van der Waals surface area contributed by atoms with Gasteiger partial charge in [-0.15, -0.1) is 0 Å². The molecule has 2 nitrogen and oxygen atoms in total. The van der Waals surface area contributed by atoms with Crippen molar-refractivity contribution in [2.24, 2.45) is 0 Å². The highest BCUT2D eigenvalue weighted by Gasteiger charge is 2.02. The van der Waals surface area contributed by atoms with Gasteiger partial charge in [0.05, 0.1) is 0 Å². The van der Waals surface area contributed by atoms with Crippen molar-refractivity contribution in [1.29, 1.82) is 0 Å². The van der Waals surface area contributed by atoms with Crippen molar-refractivity contribution in [3.05, 3.63) is 29.8 Å². The van der Waals surface area contributed by atoms with Gasteiger partial charge in [-0.1, -0.05) is 30.4 Å². The third-order valence-corrected chi connectivity index (χ3v) is 1.57. The number of thiocarbonyl (C=S) groups is 1. The monoisotopic (exact) mass is 200 g/mol. The lowest BCUT2D eigenvalue weighted by Crippen LogP contribution is -1.98. The lowest BCUT2D eigenvalue weighted by Gasteiger charge is -2.01.